The first-order valence-electron chi connectivity index (χ1n) is 7.58. The maximum Gasteiger partial charge on any atom is 0.246 e. The minimum absolute atomic E-state index is 0.0493. The number of carbonyl (C=O) groups excluding carboxylic acids is 1. The average molecular weight is 300 g/mol. The summed E-state index contributed by atoms with van der Waals surface area (Å²) in [5.41, 5.74) is 0. The number of nitrogens with zero attached hydrogens (tertiary/aromatic N) is 4. The molecule has 0 saturated carbocycles. The lowest BCUT2D eigenvalue weighted by Crippen LogP contribution is -2.38. The van der Waals surface area contributed by atoms with Gasteiger partial charge in [-0.05, 0) is 43.9 Å². The van der Waals surface area contributed by atoms with Gasteiger partial charge in [0.15, 0.2) is 0 Å². The van der Waals surface area contributed by atoms with Crippen molar-refractivity contribution in [3.8, 4) is 0 Å². The quantitative estimate of drug-likeness (QED) is 0.811. The van der Waals surface area contributed by atoms with Crippen LogP contribution in [0.1, 0.15) is 24.4 Å². The van der Waals surface area contributed by atoms with Crippen molar-refractivity contribution < 1.29 is 9.21 Å². The molecule has 2 aromatic heterocycles. The topological polar surface area (TPSA) is 64.2 Å². The third-order valence-corrected chi connectivity index (χ3v) is 3.99. The molecule has 0 bridgehead atoms. The van der Waals surface area contributed by atoms with Crippen molar-refractivity contribution in [2.75, 3.05) is 13.1 Å². The summed E-state index contributed by atoms with van der Waals surface area (Å²) >= 11 is 0. The van der Waals surface area contributed by atoms with Gasteiger partial charge < -0.3 is 9.32 Å². The zero-order valence-corrected chi connectivity index (χ0v) is 12.7. The fraction of sp³-hybridized carbons (Fsp3) is 0.438. The van der Waals surface area contributed by atoms with Crippen LogP contribution in [0.5, 0.6) is 0 Å². The largest absolute Gasteiger partial charge is 0.462 e. The lowest BCUT2D eigenvalue weighted by molar-refractivity contribution is -0.127. The Morgan fingerprint density at radius 3 is 2.86 bits per heavy atom. The Labute approximate surface area is 129 Å². The summed E-state index contributed by atoms with van der Waals surface area (Å²) < 4.78 is 7.29. The normalized spacial score (nSPS) is 16.5. The molecule has 1 fully saturated rings. The average Bonchev–Trinajstić information content (AvgIpc) is 3.17. The summed E-state index contributed by atoms with van der Waals surface area (Å²) in [6.07, 6.45) is 8.90. The maximum atomic E-state index is 12.2. The highest BCUT2D eigenvalue weighted by molar-refractivity contribution is 5.91. The van der Waals surface area contributed by atoms with Crippen LogP contribution in [0.4, 0.5) is 0 Å². The molecule has 1 aliphatic heterocycles. The van der Waals surface area contributed by atoms with Crippen molar-refractivity contribution in [1.29, 1.82) is 0 Å². The second-order valence-corrected chi connectivity index (χ2v) is 5.68. The van der Waals surface area contributed by atoms with Crippen molar-refractivity contribution in [3.05, 3.63) is 42.1 Å². The highest BCUT2D eigenvalue weighted by Gasteiger charge is 2.22. The Kier molecular flexibility index (Phi) is 4.37. The number of hydrogen-bond acceptors (Lipinski definition) is 4. The summed E-state index contributed by atoms with van der Waals surface area (Å²) in [6.45, 7) is 4.35. The van der Waals surface area contributed by atoms with Crippen LogP contribution < -0.4 is 0 Å². The first-order chi connectivity index (χ1) is 10.7. The van der Waals surface area contributed by atoms with Gasteiger partial charge in [0.2, 0.25) is 5.91 Å². The minimum Gasteiger partial charge on any atom is -0.462 e. The molecule has 0 radical (unpaired) electrons. The molecule has 0 aromatic carbocycles. The van der Waals surface area contributed by atoms with Crippen LogP contribution in [0, 0.1) is 12.8 Å². The second kappa shape index (κ2) is 6.60. The third-order valence-electron chi connectivity index (χ3n) is 3.99. The molecule has 3 heterocycles. The van der Waals surface area contributed by atoms with E-state index in [1.807, 2.05) is 34.8 Å². The van der Waals surface area contributed by atoms with Gasteiger partial charge in [0.05, 0.1) is 6.20 Å². The molecule has 6 nitrogen and oxygen atoms in total. The fourth-order valence-corrected chi connectivity index (χ4v) is 2.73. The number of rotatable bonds is 4. The van der Waals surface area contributed by atoms with Crippen LogP contribution >= 0.6 is 0 Å². The van der Waals surface area contributed by atoms with Crippen LogP contribution in [0.3, 0.4) is 0 Å². The van der Waals surface area contributed by atoms with E-state index in [2.05, 4.69) is 10.3 Å². The predicted molar refractivity (Wildman–Crippen MR) is 81.8 cm³/mol. The van der Waals surface area contributed by atoms with E-state index >= 15 is 0 Å². The fourth-order valence-electron chi connectivity index (χ4n) is 2.73. The molecule has 6 heteroatoms. The zero-order valence-electron chi connectivity index (χ0n) is 12.7. The van der Waals surface area contributed by atoms with Crippen molar-refractivity contribution in [2.24, 2.45) is 5.92 Å². The molecule has 116 valence electrons. The highest BCUT2D eigenvalue weighted by Crippen LogP contribution is 2.19. The van der Waals surface area contributed by atoms with Crippen molar-refractivity contribution >= 4 is 12.0 Å². The molecule has 0 aliphatic carbocycles. The number of piperidine rings is 1. The van der Waals surface area contributed by atoms with Gasteiger partial charge >= 0.3 is 0 Å². The van der Waals surface area contributed by atoms with Crippen molar-refractivity contribution in [3.63, 3.8) is 0 Å². The van der Waals surface area contributed by atoms with Gasteiger partial charge in [-0.15, -0.1) is 5.10 Å². The lowest BCUT2D eigenvalue weighted by atomic mass is 9.97. The minimum atomic E-state index is 0.0493. The van der Waals surface area contributed by atoms with Gasteiger partial charge in [-0.3, -0.25) is 9.48 Å². The van der Waals surface area contributed by atoms with E-state index < -0.39 is 0 Å². The molecule has 3 rings (SSSR count). The van der Waals surface area contributed by atoms with Crippen LogP contribution in [-0.4, -0.2) is 38.9 Å². The predicted octanol–water partition coefficient (Wildman–Crippen LogP) is 2.13. The number of aryl methyl sites for hydroxylation is 1. The molecule has 0 spiro atoms. The number of amides is 1. The van der Waals surface area contributed by atoms with E-state index in [1.165, 1.54) is 0 Å². The summed E-state index contributed by atoms with van der Waals surface area (Å²) in [4.78, 5) is 14.1. The van der Waals surface area contributed by atoms with Crippen molar-refractivity contribution in [1.82, 2.24) is 19.9 Å². The number of likely N-dealkylation sites (tertiary alicyclic amines) is 1. The highest BCUT2D eigenvalue weighted by atomic mass is 16.3. The molecule has 1 amide bonds. The van der Waals surface area contributed by atoms with Crippen molar-refractivity contribution in [2.45, 2.75) is 26.3 Å². The smallest absolute Gasteiger partial charge is 0.246 e. The molecule has 0 unspecified atom stereocenters. The van der Waals surface area contributed by atoms with E-state index in [4.69, 9.17) is 4.42 Å². The number of carbonyl (C=O) groups is 1. The van der Waals surface area contributed by atoms with E-state index in [9.17, 15) is 4.79 Å². The third kappa shape index (κ3) is 3.63. The van der Waals surface area contributed by atoms with Crippen LogP contribution in [0.2, 0.25) is 0 Å². The molecular formula is C16H20N4O2. The van der Waals surface area contributed by atoms with Gasteiger partial charge in [0.25, 0.3) is 0 Å². The Bertz CT molecular complexity index is 637. The van der Waals surface area contributed by atoms with E-state index in [-0.39, 0.29) is 5.91 Å². The second-order valence-electron chi connectivity index (χ2n) is 5.68. The Hall–Kier alpha value is -2.37. The molecular weight excluding hydrogens is 280 g/mol. The summed E-state index contributed by atoms with van der Waals surface area (Å²) in [6, 6.07) is 3.75. The first-order valence-corrected chi connectivity index (χ1v) is 7.58. The Morgan fingerprint density at radius 2 is 2.23 bits per heavy atom. The van der Waals surface area contributed by atoms with Gasteiger partial charge in [-0.25, -0.2) is 0 Å². The SMILES string of the molecule is Cc1ccc(C=CC(=O)N2CCC(Cn3ccnn3)CC2)o1. The summed E-state index contributed by atoms with van der Waals surface area (Å²) in [5, 5.41) is 7.81. The summed E-state index contributed by atoms with van der Waals surface area (Å²) in [7, 11) is 0. The van der Waals surface area contributed by atoms with Gasteiger partial charge in [0.1, 0.15) is 11.5 Å². The maximum absolute atomic E-state index is 12.2. The van der Waals surface area contributed by atoms with E-state index in [1.54, 1.807) is 18.3 Å². The van der Waals surface area contributed by atoms with Gasteiger partial charge in [-0.1, -0.05) is 5.21 Å². The molecule has 2 aromatic rings. The van der Waals surface area contributed by atoms with E-state index in [0.29, 0.717) is 11.7 Å². The molecule has 0 N–H and O–H groups in total. The van der Waals surface area contributed by atoms with Gasteiger partial charge in [-0.2, -0.15) is 0 Å². The van der Waals surface area contributed by atoms with Gasteiger partial charge in [0, 0.05) is 31.9 Å². The number of furan rings is 1. The molecule has 1 saturated heterocycles. The standard InChI is InChI=1S/C16H20N4O2/c1-13-2-3-15(22-13)4-5-16(21)19-9-6-14(7-10-19)12-20-11-8-17-18-20/h2-5,8,11,14H,6-7,9-10,12H2,1H3. The Balaban J connectivity index is 1.48. The number of aromatic nitrogens is 3. The van der Waals surface area contributed by atoms with Crippen LogP contribution in [0.15, 0.2) is 35.0 Å². The van der Waals surface area contributed by atoms with Crippen LogP contribution in [0.25, 0.3) is 6.08 Å². The Morgan fingerprint density at radius 1 is 1.41 bits per heavy atom. The first kappa shape index (κ1) is 14.6. The number of hydrogen-bond donors (Lipinski definition) is 0. The van der Waals surface area contributed by atoms with Crippen LogP contribution in [-0.2, 0) is 11.3 Å². The zero-order chi connectivity index (χ0) is 15.4. The van der Waals surface area contributed by atoms with E-state index in [0.717, 1.165) is 38.2 Å². The monoisotopic (exact) mass is 300 g/mol. The molecule has 0 atom stereocenters. The lowest BCUT2D eigenvalue weighted by Gasteiger charge is -2.31. The summed E-state index contributed by atoms with van der Waals surface area (Å²) in [5.74, 6) is 2.17. The molecule has 22 heavy (non-hydrogen) atoms. The molecule has 1 aliphatic rings.